The molecule has 1 aliphatic rings. The number of aromatic nitrogens is 1. The molecule has 0 amide bonds. The summed E-state index contributed by atoms with van der Waals surface area (Å²) in [7, 11) is 0. The minimum absolute atomic E-state index is 0.693. The van der Waals surface area contributed by atoms with Crippen LogP contribution in [0.2, 0.25) is 0 Å². The van der Waals surface area contributed by atoms with Crippen molar-refractivity contribution in [1.82, 2.24) is 14.8 Å². The molecule has 35 heavy (non-hydrogen) atoms. The number of nitrogens with one attached hydrogen (secondary N) is 1. The fraction of sp³-hybridized carbons (Fsp3) is 0.300. The van der Waals surface area contributed by atoms with Crippen molar-refractivity contribution in [1.29, 1.82) is 0 Å². The van der Waals surface area contributed by atoms with Crippen molar-refractivity contribution in [2.24, 2.45) is 0 Å². The normalized spacial score (nSPS) is 14.8. The lowest BCUT2D eigenvalue weighted by atomic mass is 10.1. The van der Waals surface area contributed by atoms with Crippen LogP contribution in [0.5, 0.6) is 5.75 Å². The lowest BCUT2D eigenvalue weighted by Gasteiger charge is -2.34. The molecule has 1 N–H and O–H groups in total. The van der Waals surface area contributed by atoms with Crippen LogP contribution < -0.4 is 10.1 Å². The molecule has 1 aromatic heterocycles. The molecule has 180 valence electrons. The molecule has 0 aliphatic carbocycles. The first-order valence-electron chi connectivity index (χ1n) is 12.5. The molecule has 1 saturated heterocycles. The van der Waals surface area contributed by atoms with Crippen molar-refractivity contribution in [2.75, 3.05) is 44.6 Å². The predicted molar refractivity (Wildman–Crippen MR) is 145 cm³/mol. The Balaban J connectivity index is 1.11. The predicted octanol–water partition coefficient (Wildman–Crippen LogP) is 5.79. The van der Waals surface area contributed by atoms with Gasteiger partial charge in [0.05, 0.1) is 5.52 Å². The van der Waals surface area contributed by atoms with Crippen molar-refractivity contribution in [2.45, 2.75) is 20.4 Å². The van der Waals surface area contributed by atoms with Gasteiger partial charge in [0, 0.05) is 67.8 Å². The number of hydrogen-bond donors (Lipinski definition) is 1. The molecular formula is C30H34N4O. The molecule has 0 atom stereocenters. The number of piperazine rings is 1. The van der Waals surface area contributed by atoms with E-state index in [-0.39, 0.29) is 0 Å². The molecule has 1 fully saturated rings. The van der Waals surface area contributed by atoms with Crippen LogP contribution in [0, 0.1) is 13.8 Å². The fourth-order valence-corrected chi connectivity index (χ4v) is 4.76. The van der Waals surface area contributed by atoms with Gasteiger partial charge in [0.1, 0.15) is 12.4 Å². The molecule has 0 radical (unpaired) electrons. The summed E-state index contributed by atoms with van der Waals surface area (Å²) < 4.78 is 6.13. The Hall–Kier alpha value is -3.41. The van der Waals surface area contributed by atoms with Crippen molar-refractivity contribution < 1.29 is 4.74 Å². The summed E-state index contributed by atoms with van der Waals surface area (Å²) in [6.07, 6.45) is 0. The Kier molecular flexibility index (Phi) is 7.26. The third kappa shape index (κ3) is 6.18. The van der Waals surface area contributed by atoms with Crippen molar-refractivity contribution >= 4 is 22.3 Å². The number of nitrogens with zero attached hydrogens (tertiary/aromatic N) is 3. The Morgan fingerprint density at radius 1 is 0.829 bits per heavy atom. The fourth-order valence-electron chi connectivity index (χ4n) is 4.76. The SMILES string of the molecule is Cc1cccc(CN2CCN(CCOc3cccc(Nc4cc(C)nc5ccccc45)c3)CC2)c1. The van der Waals surface area contributed by atoms with Gasteiger partial charge in [-0.25, -0.2) is 0 Å². The highest BCUT2D eigenvalue weighted by atomic mass is 16.5. The van der Waals surface area contributed by atoms with Crippen molar-refractivity contribution in [3.05, 3.63) is 95.7 Å². The Labute approximate surface area is 208 Å². The standard InChI is InChI=1S/C30H34N4O/c1-23-7-5-8-25(19-23)22-34-15-13-33(14-16-34)17-18-35-27-10-6-9-26(21-27)32-30-20-24(2)31-29-12-4-3-11-28(29)30/h3-12,19-21H,13-18,22H2,1-2H3,(H,31,32). The maximum absolute atomic E-state index is 6.13. The van der Waals surface area contributed by atoms with E-state index in [9.17, 15) is 0 Å². The first-order chi connectivity index (χ1) is 17.1. The summed E-state index contributed by atoms with van der Waals surface area (Å²) in [6.45, 7) is 11.3. The Bertz CT molecular complexity index is 1280. The minimum Gasteiger partial charge on any atom is -0.492 e. The van der Waals surface area contributed by atoms with E-state index in [1.165, 1.54) is 11.1 Å². The van der Waals surface area contributed by atoms with E-state index in [1.54, 1.807) is 0 Å². The van der Waals surface area contributed by atoms with Gasteiger partial charge in [-0.05, 0) is 43.7 Å². The van der Waals surface area contributed by atoms with Gasteiger partial charge in [-0.15, -0.1) is 0 Å². The average Bonchev–Trinajstić information content (AvgIpc) is 2.85. The molecule has 4 aromatic rings. The molecule has 0 unspecified atom stereocenters. The minimum atomic E-state index is 0.693. The van der Waals surface area contributed by atoms with Gasteiger partial charge in [0.2, 0.25) is 0 Å². The maximum Gasteiger partial charge on any atom is 0.121 e. The van der Waals surface area contributed by atoms with Crippen LogP contribution in [0.1, 0.15) is 16.8 Å². The quantitative estimate of drug-likeness (QED) is 0.356. The second kappa shape index (κ2) is 10.9. The number of benzene rings is 3. The number of hydrogen-bond acceptors (Lipinski definition) is 5. The smallest absolute Gasteiger partial charge is 0.121 e. The molecule has 0 bridgehead atoms. The van der Waals surface area contributed by atoms with E-state index in [0.717, 1.165) is 73.0 Å². The number of fused-ring (bicyclic) bond motifs is 1. The molecule has 0 spiro atoms. The summed E-state index contributed by atoms with van der Waals surface area (Å²) in [5, 5.41) is 4.68. The van der Waals surface area contributed by atoms with Crippen LogP contribution in [0.4, 0.5) is 11.4 Å². The lowest BCUT2D eigenvalue weighted by molar-refractivity contribution is 0.112. The molecule has 0 saturated carbocycles. The first kappa shape index (κ1) is 23.3. The van der Waals surface area contributed by atoms with Crippen LogP contribution in [0.25, 0.3) is 10.9 Å². The summed E-state index contributed by atoms with van der Waals surface area (Å²) >= 11 is 0. The van der Waals surface area contributed by atoms with Gasteiger partial charge in [-0.3, -0.25) is 14.8 Å². The zero-order valence-electron chi connectivity index (χ0n) is 20.7. The average molecular weight is 467 g/mol. The van der Waals surface area contributed by atoms with Crippen LogP contribution in [-0.2, 0) is 6.54 Å². The second-order valence-electron chi connectivity index (χ2n) is 9.44. The van der Waals surface area contributed by atoms with E-state index in [4.69, 9.17) is 4.74 Å². The highest BCUT2D eigenvalue weighted by molar-refractivity contribution is 5.93. The van der Waals surface area contributed by atoms with Crippen LogP contribution in [-0.4, -0.2) is 54.1 Å². The largest absolute Gasteiger partial charge is 0.492 e. The monoisotopic (exact) mass is 466 g/mol. The van der Waals surface area contributed by atoms with Gasteiger partial charge in [0.25, 0.3) is 0 Å². The number of rotatable bonds is 8. The number of pyridine rings is 1. The Morgan fingerprint density at radius 2 is 1.63 bits per heavy atom. The molecular weight excluding hydrogens is 432 g/mol. The van der Waals surface area contributed by atoms with Gasteiger partial charge < -0.3 is 10.1 Å². The highest BCUT2D eigenvalue weighted by Gasteiger charge is 2.17. The van der Waals surface area contributed by atoms with Crippen LogP contribution in [0.15, 0.2) is 78.9 Å². The summed E-state index contributed by atoms with van der Waals surface area (Å²) in [5.41, 5.74) is 6.82. The van der Waals surface area contributed by atoms with Gasteiger partial charge in [0.15, 0.2) is 0 Å². The van der Waals surface area contributed by atoms with Crippen LogP contribution >= 0.6 is 0 Å². The van der Waals surface area contributed by atoms with Crippen LogP contribution in [0.3, 0.4) is 0 Å². The van der Waals surface area contributed by atoms with Crippen molar-refractivity contribution in [3.63, 3.8) is 0 Å². The molecule has 3 aromatic carbocycles. The third-order valence-corrected chi connectivity index (χ3v) is 6.59. The number of ether oxygens (including phenoxy) is 1. The first-order valence-corrected chi connectivity index (χ1v) is 12.5. The topological polar surface area (TPSA) is 40.6 Å². The van der Waals surface area contributed by atoms with E-state index in [2.05, 4.69) is 81.6 Å². The van der Waals surface area contributed by atoms with Gasteiger partial charge >= 0.3 is 0 Å². The molecule has 2 heterocycles. The number of aryl methyl sites for hydroxylation is 2. The zero-order valence-corrected chi connectivity index (χ0v) is 20.7. The molecule has 5 nitrogen and oxygen atoms in total. The van der Waals surface area contributed by atoms with Gasteiger partial charge in [-0.1, -0.05) is 54.1 Å². The molecule has 5 heteroatoms. The number of anilines is 2. The second-order valence-corrected chi connectivity index (χ2v) is 9.44. The van der Waals surface area contributed by atoms with E-state index < -0.39 is 0 Å². The summed E-state index contributed by atoms with van der Waals surface area (Å²) in [5.74, 6) is 0.892. The molecule has 1 aliphatic heterocycles. The maximum atomic E-state index is 6.13. The summed E-state index contributed by atoms with van der Waals surface area (Å²) in [6, 6.07) is 27.4. The van der Waals surface area contributed by atoms with E-state index >= 15 is 0 Å². The summed E-state index contributed by atoms with van der Waals surface area (Å²) in [4.78, 5) is 9.69. The highest BCUT2D eigenvalue weighted by Crippen LogP contribution is 2.28. The van der Waals surface area contributed by atoms with Gasteiger partial charge in [-0.2, -0.15) is 0 Å². The zero-order chi connectivity index (χ0) is 24.0. The Morgan fingerprint density at radius 3 is 2.49 bits per heavy atom. The lowest BCUT2D eigenvalue weighted by Crippen LogP contribution is -2.47. The van der Waals surface area contributed by atoms with Crippen molar-refractivity contribution in [3.8, 4) is 5.75 Å². The number of para-hydroxylation sites is 1. The molecule has 5 rings (SSSR count). The third-order valence-electron chi connectivity index (χ3n) is 6.59. The van der Waals surface area contributed by atoms with E-state index in [1.807, 2.05) is 31.2 Å². The van der Waals surface area contributed by atoms with E-state index in [0.29, 0.717) is 6.61 Å².